The molecule has 5 aromatic rings. The molecule has 0 spiro atoms. The standard InChI is InChI=1S/C27H23BrN4O/c1-3-18-10-12-19(13-11-18)25-30-26-24(27(33)32(25)22-16-14-20(28)15-17-22)29-23(4-2)31(26)21-8-6-5-7-9-21/h5-17H,3-4H2,1-2H3. The molecule has 0 aliphatic carbocycles. The van der Waals surface area contributed by atoms with Gasteiger partial charge in [0.25, 0.3) is 5.56 Å². The summed E-state index contributed by atoms with van der Waals surface area (Å²) in [6.07, 6.45) is 1.64. The van der Waals surface area contributed by atoms with Crippen LogP contribution in [0.1, 0.15) is 25.2 Å². The molecule has 0 aliphatic heterocycles. The number of nitrogens with zero attached hydrogens (tertiary/aromatic N) is 4. The van der Waals surface area contributed by atoms with Crippen LogP contribution in [0.5, 0.6) is 0 Å². The van der Waals surface area contributed by atoms with E-state index in [1.165, 1.54) is 5.56 Å². The van der Waals surface area contributed by atoms with Gasteiger partial charge in [0, 0.05) is 22.1 Å². The van der Waals surface area contributed by atoms with E-state index >= 15 is 0 Å². The first-order valence-corrected chi connectivity index (χ1v) is 11.8. The SMILES string of the molecule is CCc1ccc(-c2nc3c(nc(CC)n3-c3ccccc3)c(=O)n2-c2ccc(Br)cc2)cc1. The number of imidazole rings is 1. The lowest BCUT2D eigenvalue weighted by Gasteiger charge is -2.14. The van der Waals surface area contributed by atoms with Crippen molar-refractivity contribution in [1.82, 2.24) is 19.1 Å². The molecule has 0 fully saturated rings. The lowest BCUT2D eigenvalue weighted by Crippen LogP contribution is -2.22. The smallest absolute Gasteiger partial charge is 0.280 e. The van der Waals surface area contributed by atoms with Crippen molar-refractivity contribution in [2.45, 2.75) is 26.7 Å². The Morgan fingerprint density at radius 1 is 0.758 bits per heavy atom. The van der Waals surface area contributed by atoms with E-state index in [0.29, 0.717) is 23.4 Å². The maximum Gasteiger partial charge on any atom is 0.286 e. The topological polar surface area (TPSA) is 52.7 Å². The number of rotatable bonds is 5. The van der Waals surface area contributed by atoms with Gasteiger partial charge in [0.1, 0.15) is 11.6 Å². The summed E-state index contributed by atoms with van der Waals surface area (Å²) >= 11 is 3.48. The van der Waals surface area contributed by atoms with Gasteiger partial charge in [-0.25, -0.2) is 9.97 Å². The maximum atomic E-state index is 13.9. The predicted octanol–water partition coefficient (Wildman–Crippen LogP) is 6.13. The van der Waals surface area contributed by atoms with Gasteiger partial charge >= 0.3 is 0 Å². The molecule has 0 radical (unpaired) electrons. The summed E-state index contributed by atoms with van der Waals surface area (Å²) in [5, 5.41) is 0. The van der Waals surface area contributed by atoms with Gasteiger partial charge in [-0.05, 0) is 48.4 Å². The normalized spacial score (nSPS) is 11.2. The summed E-state index contributed by atoms with van der Waals surface area (Å²) < 4.78 is 4.60. The van der Waals surface area contributed by atoms with Gasteiger partial charge in [0.05, 0.1) is 5.69 Å². The monoisotopic (exact) mass is 498 g/mol. The number of hydrogen-bond acceptors (Lipinski definition) is 3. The van der Waals surface area contributed by atoms with Crippen molar-refractivity contribution in [2.75, 3.05) is 0 Å². The van der Waals surface area contributed by atoms with Crippen LogP contribution in [-0.4, -0.2) is 19.1 Å². The first-order valence-electron chi connectivity index (χ1n) is 11.1. The van der Waals surface area contributed by atoms with E-state index in [-0.39, 0.29) is 5.56 Å². The van der Waals surface area contributed by atoms with Crippen molar-refractivity contribution in [3.05, 3.63) is 105 Å². The van der Waals surface area contributed by atoms with Gasteiger partial charge in [-0.3, -0.25) is 13.9 Å². The summed E-state index contributed by atoms with van der Waals surface area (Å²) in [4.78, 5) is 23.7. The Bertz CT molecular complexity index is 1480. The lowest BCUT2D eigenvalue weighted by atomic mass is 10.1. The van der Waals surface area contributed by atoms with Crippen LogP contribution in [0, 0.1) is 0 Å². The number of benzene rings is 3. The molecular weight excluding hydrogens is 476 g/mol. The number of hydrogen-bond donors (Lipinski definition) is 0. The van der Waals surface area contributed by atoms with Gasteiger partial charge in [-0.2, -0.15) is 0 Å². The fourth-order valence-electron chi connectivity index (χ4n) is 4.05. The Balaban J connectivity index is 1.87. The first-order chi connectivity index (χ1) is 16.1. The van der Waals surface area contributed by atoms with Crippen molar-refractivity contribution >= 4 is 27.1 Å². The number of aromatic nitrogens is 4. The quantitative estimate of drug-likeness (QED) is 0.293. The highest BCUT2D eigenvalue weighted by Crippen LogP contribution is 2.26. The minimum atomic E-state index is -0.179. The first kappa shape index (κ1) is 21.3. The highest BCUT2D eigenvalue weighted by atomic mass is 79.9. The Labute approximate surface area is 200 Å². The van der Waals surface area contributed by atoms with Crippen LogP contribution >= 0.6 is 15.9 Å². The Morgan fingerprint density at radius 3 is 2.06 bits per heavy atom. The summed E-state index contributed by atoms with van der Waals surface area (Å²) in [7, 11) is 0. The molecule has 0 unspecified atom stereocenters. The lowest BCUT2D eigenvalue weighted by molar-refractivity contribution is 0.900. The van der Waals surface area contributed by atoms with Crippen molar-refractivity contribution in [2.24, 2.45) is 0 Å². The zero-order chi connectivity index (χ0) is 22.9. The molecule has 164 valence electrons. The average molecular weight is 499 g/mol. The van der Waals surface area contributed by atoms with E-state index in [9.17, 15) is 4.79 Å². The third-order valence-corrected chi connectivity index (χ3v) is 6.32. The molecule has 2 heterocycles. The second-order valence-corrected chi connectivity index (χ2v) is 8.74. The van der Waals surface area contributed by atoms with E-state index in [4.69, 9.17) is 9.97 Å². The molecule has 0 N–H and O–H groups in total. The Kier molecular flexibility index (Phi) is 5.68. The zero-order valence-corrected chi connectivity index (χ0v) is 20.1. The molecule has 3 aromatic carbocycles. The molecule has 0 amide bonds. The van der Waals surface area contributed by atoms with E-state index in [1.54, 1.807) is 4.57 Å². The number of halogens is 1. The van der Waals surface area contributed by atoms with Gasteiger partial charge in [-0.15, -0.1) is 0 Å². The molecule has 2 aromatic heterocycles. The van der Waals surface area contributed by atoms with Crippen LogP contribution in [-0.2, 0) is 12.8 Å². The molecule has 33 heavy (non-hydrogen) atoms. The predicted molar refractivity (Wildman–Crippen MR) is 136 cm³/mol. The molecule has 0 bridgehead atoms. The third kappa shape index (κ3) is 3.80. The van der Waals surface area contributed by atoms with E-state index in [2.05, 4.69) is 35.0 Å². The molecule has 0 atom stereocenters. The molecule has 0 saturated carbocycles. The van der Waals surface area contributed by atoms with Crippen LogP contribution in [0.2, 0.25) is 0 Å². The zero-order valence-electron chi connectivity index (χ0n) is 18.5. The summed E-state index contributed by atoms with van der Waals surface area (Å²) in [5.41, 5.74) is 4.57. The van der Waals surface area contributed by atoms with E-state index in [1.807, 2.05) is 78.2 Å². The second-order valence-electron chi connectivity index (χ2n) is 7.83. The third-order valence-electron chi connectivity index (χ3n) is 5.79. The molecule has 6 heteroatoms. The van der Waals surface area contributed by atoms with Crippen LogP contribution in [0.25, 0.3) is 33.9 Å². The average Bonchev–Trinajstić information content (AvgIpc) is 3.24. The van der Waals surface area contributed by atoms with Crippen LogP contribution < -0.4 is 5.56 Å². The van der Waals surface area contributed by atoms with Gasteiger partial charge in [0.15, 0.2) is 11.2 Å². The minimum absolute atomic E-state index is 0.179. The highest BCUT2D eigenvalue weighted by Gasteiger charge is 2.21. The van der Waals surface area contributed by atoms with Crippen molar-refractivity contribution in [3.63, 3.8) is 0 Å². The number of fused-ring (bicyclic) bond motifs is 1. The van der Waals surface area contributed by atoms with Crippen molar-refractivity contribution in [1.29, 1.82) is 0 Å². The molecule has 5 nitrogen and oxygen atoms in total. The maximum absolute atomic E-state index is 13.9. The second kappa shape index (κ2) is 8.79. The van der Waals surface area contributed by atoms with Crippen LogP contribution in [0.15, 0.2) is 88.1 Å². The van der Waals surface area contributed by atoms with Crippen LogP contribution in [0.3, 0.4) is 0 Å². The van der Waals surface area contributed by atoms with Gasteiger partial charge in [-0.1, -0.05) is 72.2 Å². The number of para-hydroxylation sites is 1. The highest BCUT2D eigenvalue weighted by molar-refractivity contribution is 9.10. The Hall–Kier alpha value is -3.51. The fraction of sp³-hybridized carbons (Fsp3) is 0.148. The summed E-state index contributed by atoms with van der Waals surface area (Å²) in [6.45, 7) is 4.17. The van der Waals surface area contributed by atoms with Gasteiger partial charge < -0.3 is 0 Å². The Morgan fingerprint density at radius 2 is 1.42 bits per heavy atom. The van der Waals surface area contributed by atoms with Crippen LogP contribution in [0.4, 0.5) is 0 Å². The fourth-order valence-corrected chi connectivity index (χ4v) is 4.32. The van der Waals surface area contributed by atoms with Crippen molar-refractivity contribution in [3.8, 4) is 22.8 Å². The molecule has 0 aliphatic rings. The summed E-state index contributed by atoms with van der Waals surface area (Å²) in [5.74, 6) is 1.40. The minimum Gasteiger partial charge on any atom is -0.280 e. The molecular formula is C27H23BrN4O. The van der Waals surface area contributed by atoms with E-state index < -0.39 is 0 Å². The molecule has 0 saturated heterocycles. The summed E-state index contributed by atoms with van der Waals surface area (Å²) in [6, 6.07) is 25.9. The van der Waals surface area contributed by atoms with E-state index in [0.717, 1.165) is 33.7 Å². The largest absolute Gasteiger partial charge is 0.286 e. The molecule has 5 rings (SSSR count). The number of aryl methyl sites for hydroxylation is 2. The van der Waals surface area contributed by atoms with Gasteiger partial charge in [0.2, 0.25) is 0 Å². The van der Waals surface area contributed by atoms with Crippen molar-refractivity contribution < 1.29 is 0 Å².